The van der Waals surface area contributed by atoms with Crippen LogP contribution in [0.3, 0.4) is 0 Å². The number of hydrogen-bond acceptors (Lipinski definition) is 2. The molecule has 0 saturated heterocycles. The molecule has 3 nitrogen and oxygen atoms in total. The zero-order valence-corrected chi connectivity index (χ0v) is 7.45. The highest BCUT2D eigenvalue weighted by molar-refractivity contribution is 5.59. The molecule has 0 unspecified atom stereocenters. The molecule has 2 N–H and O–H groups in total. The maximum Gasteiger partial charge on any atom is 0.0564 e. The van der Waals surface area contributed by atoms with E-state index in [2.05, 4.69) is 11.7 Å². The summed E-state index contributed by atoms with van der Waals surface area (Å²) in [5, 5.41) is 4.18. The summed E-state index contributed by atoms with van der Waals surface area (Å²) in [7, 11) is 0. The Morgan fingerprint density at radius 2 is 2.50 bits per heavy atom. The average molecular weight is 165 g/mol. The molecule has 0 aliphatic rings. The molecule has 1 rings (SSSR count). The normalized spacial score (nSPS) is 10.2. The van der Waals surface area contributed by atoms with Crippen LogP contribution < -0.4 is 5.73 Å². The summed E-state index contributed by atoms with van der Waals surface area (Å²) in [6.45, 7) is 7.42. The van der Waals surface area contributed by atoms with Crippen LogP contribution >= 0.6 is 0 Å². The fourth-order valence-electron chi connectivity index (χ4n) is 0.960. The van der Waals surface area contributed by atoms with Crippen LogP contribution in [0.2, 0.25) is 0 Å². The number of allylic oxidation sites excluding steroid dienone is 1. The lowest BCUT2D eigenvalue weighted by Crippen LogP contribution is -2.05. The summed E-state index contributed by atoms with van der Waals surface area (Å²) < 4.78 is 1.90. The van der Waals surface area contributed by atoms with Gasteiger partial charge in [0.1, 0.15) is 0 Å². The molecule has 12 heavy (non-hydrogen) atoms. The molecule has 1 heterocycles. The van der Waals surface area contributed by atoms with Crippen molar-refractivity contribution in [3.05, 3.63) is 24.5 Å². The van der Waals surface area contributed by atoms with Crippen molar-refractivity contribution in [2.45, 2.75) is 19.9 Å². The number of aryl methyl sites for hydroxylation is 1. The van der Waals surface area contributed by atoms with E-state index in [0.29, 0.717) is 6.54 Å². The smallest absolute Gasteiger partial charge is 0.0564 e. The number of aromatic nitrogens is 2. The van der Waals surface area contributed by atoms with Gasteiger partial charge in [0, 0.05) is 18.3 Å². The highest BCUT2D eigenvalue weighted by atomic mass is 15.3. The molecule has 0 fully saturated rings. The number of nitrogens with two attached hydrogens (primary N) is 1. The minimum atomic E-state index is 0.711. The molecule has 3 heteroatoms. The Bertz CT molecular complexity index is 262. The van der Waals surface area contributed by atoms with Crippen LogP contribution in [-0.4, -0.2) is 16.3 Å². The van der Waals surface area contributed by atoms with Gasteiger partial charge in [-0.1, -0.05) is 6.58 Å². The Labute approximate surface area is 72.9 Å². The van der Waals surface area contributed by atoms with Gasteiger partial charge in [-0.3, -0.25) is 4.68 Å². The Kier molecular flexibility index (Phi) is 3.05. The third kappa shape index (κ3) is 2.20. The average Bonchev–Trinajstić information content (AvgIpc) is 2.48. The Balaban J connectivity index is 2.58. The molecule has 0 radical (unpaired) electrons. The third-order valence-electron chi connectivity index (χ3n) is 1.72. The van der Waals surface area contributed by atoms with Gasteiger partial charge in [0.2, 0.25) is 0 Å². The molecule has 0 saturated carbocycles. The van der Waals surface area contributed by atoms with Gasteiger partial charge in [0.05, 0.1) is 6.20 Å². The molecule has 0 atom stereocenters. The van der Waals surface area contributed by atoms with Crippen molar-refractivity contribution < 1.29 is 0 Å². The van der Waals surface area contributed by atoms with Gasteiger partial charge in [-0.2, -0.15) is 5.10 Å². The first-order valence-electron chi connectivity index (χ1n) is 4.12. The Morgan fingerprint density at radius 1 is 1.75 bits per heavy atom. The van der Waals surface area contributed by atoms with Crippen LogP contribution in [0.5, 0.6) is 0 Å². The quantitative estimate of drug-likeness (QED) is 0.730. The van der Waals surface area contributed by atoms with E-state index in [1.807, 2.05) is 24.0 Å². The van der Waals surface area contributed by atoms with Gasteiger partial charge in [-0.25, -0.2) is 0 Å². The lowest BCUT2D eigenvalue weighted by molar-refractivity contribution is 0.585. The van der Waals surface area contributed by atoms with Crippen LogP contribution in [0.1, 0.15) is 18.9 Å². The standard InChI is InChI=1S/C9H15N3/c1-8(2)9-6-11-12(7-9)5-3-4-10/h6-7H,1,3-5,10H2,2H3. The van der Waals surface area contributed by atoms with Gasteiger partial charge < -0.3 is 5.73 Å². The predicted molar refractivity (Wildman–Crippen MR) is 50.6 cm³/mol. The van der Waals surface area contributed by atoms with E-state index < -0.39 is 0 Å². The lowest BCUT2D eigenvalue weighted by atomic mass is 10.2. The molecular formula is C9H15N3. The molecule has 0 spiro atoms. The summed E-state index contributed by atoms with van der Waals surface area (Å²) in [6, 6.07) is 0. The molecule has 1 aromatic rings. The second kappa shape index (κ2) is 4.07. The summed E-state index contributed by atoms with van der Waals surface area (Å²) >= 11 is 0. The van der Waals surface area contributed by atoms with Crippen molar-refractivity contribution in [3.8, 4) is 0 Å². The summed E-state index contributed by atoms with van der Waals surface area (Å²) in [4.78, 5) is 0. The molecular weight excluding hydrogens is 150 g/mol. The number of rotatable bonds is 4. The molecule has 1 aromatic heterocycles. The van der Waals surface area contributed by atoms with Crippen LogP contribution in [-0.2, 0) is 6.54 Å². The minimum Gasteiger partial charge on any atom is -0.330 e. The Morgan fingerprint density at radius 3 is 3.00 bits per heavy atom. The summed E-state index contributed by atoms with van der Waals surface area (Å²) in [5.41, 5.74) is 7.54. The minimum absolute atomic E-state index is 0.711. The maximum absolute atomic E-state index is 5.38. The zero-order valence-electron chi connectivity index (χ0n) is 7.45. The van der Waals surface area contributed by atoms with E-state index >= 15 is 0 Å². The van der Waals surface area contributed by atoms with Gasteiger partial charge in [-0.05, 0) is 25.5 Å². The monoisotopic (exact) mass is 165 g/mol. The van der Waals surface area contributed by atoms with Gasteiger partial charge in [-0.15, -0.1) is 0 Å². The van der Waals surface area contributed by atoms with E-state index in [1.54, 1.807) is 0 Å². The molecule has 0 aliphatic carbocycles. The fourth-order valence-corrected chi connectivity index (χ4v) is 0.960. The van der Waals surface area contributed by atoms with Crippen molar-refractivity contribution in [2.75, 3.05) is 6.54 Å². The second-order valence-corrected chi connectivity index (χ2v) is 2.91. The van der Waals surface area contributed by atoms with Crippen LogP contribution in [0, 0.1) is 0 Å². The summed E-state index contributed by atoms with van der Waals surface area (Å²) in [6.07, 6.45) is 4.80. The Hall–Kier alpha value is -1.09. The maximum atomic E-state index is 5.38. The van der Waals surface area contributed by atoms with Crippen molar-refractivity contribution in [1.29, 1.82) is 0 Å². The van der Waals surface area contributed by atoms with E-state index in [9.17, 15) is 0 Å². The van der Waals surface area contributed by atoms with Crippen molar-refractivity contribution in [1.82, 2.24) is 9.78 Å². The highest BCUT2D eigenvalue weighted by Crippen LogP contribution is 2.08. The first-order chi connectivity index (χ1) is 5.74. The molecule has 0 aliphatic heterocycles. The summed E-state index contributed by atoms with van der Waals surface area (Å²) in [5.74, 6) is 0. The lowest BCUT2D eigenvalue weighted by Gasteiger charge is -1.97. The van der Waals surface area contributed by atoms with Crippen LogP contribution in [0.15, 0.2) is 19.0 Å². The zero-order chi connectivity index (χ0) is 8.97. The van der Waals surface area contributed by atoms with Crippen molar-refractivity contribution in [3.63, 3.8) is 0 Å². The largest absolute Gasteiger partial charge is 0.330 e. The van der Waals surface area contributed by atoms with E-state index in [0.717, 1.165) is 24.1 Å². The van der Waals surface area contributed by atoms with Gasteiger partial charge >= 0.3 is 0 Å². The first-order valence-corrected chi connectivity index (χ1v) is 4.12. The van der Waals surface area contributed by atoms with Crippen molar-refractivity contribution >= 4 is 5.57 Å². The van der Waals surface area contributed by atoms with Crippen LogP contribution in [0.25, 0.3) is 5.57 Å². The number of hydrogen-bond donors (Lipinski definition) is 1. The van der Waals surface area contributed by atoms with E-state index in [-0.39, 0.29) is 0 Å². The fraction of sp³-hybridized carbons (Fsp3) is 0.444. The predicted octanol–water partition coefficient (Wildman–Crippen LogP) is 1.27. The molecule has 0 bridgehead atoms. The SMILES string of the molecule is C=C(C)c1cnn(CCCN)c1. The third-order valence-corrected chi connectivity index (χ3v) is 1.72. The molecule has 0 amide bonds. The van der Waals surface area contributed by atoms with Crippen LogP contribution in [0.4, 0.5) is 0 Å². The first kappa shape index (κ1) is 9.00. The van der Waals surface area contributed by atoms with Gasteiger partial charge in [0.25, 0.3) is 0 Å². The molecule has 0 aromatic carbocycles. The topological polar surface area (TPSA) is 43.8 Å². The number of nitrogens with zero attached hydrogens (tertiary/aromatic N) is 2. The van der Waals surface area contributed by atoms with E-state index in [4.69, 9.17) is 5.73 Å². The highest BCUT2D eigenvalue weighted by Gasteiger charge is 1.97. The van der Waals surface area contributed by atoms with Crippen molar-refractivity contribution in [2.24, 2.45) is 5.73 Å². The van der Waals surface area contributed by atoms with Gasteiger partial charge in [0.15, 0.2) is 0 Å². The molecule has 66 valence electrons. The second-order valence-electron chi connectivity index (χ2n) is 2.91. The van der Waals surface area contributed by atoms with E-state index in [1.165, 1.54) is 0 Å².